The summed E-state index contributed by atoms with van der Waals surface area (Å²) in [5.41, 5.74) is 5.08. The molecule has 2 rings (SSSR count). The second-order valence-corrected chi connectivity index (χ2v) is 10.1. The molecule has 1 aromatic carbocycles. The van der Waals surface area contributed by atoms with Crippen LogP contribution >= 0.6 is 0 Å². The molecule has 0 aliphatic heterocycles. The molecule has 0 unspecified atom stereocenters. The standard InChI is InChI=1S/C23H37N3O3S/c1-3-20-15-13-14-18-22(20)26(30(2,28)29)19-23(27)25-24-21-16-11-9-7-5-4-6-8-10-12-17-21/h13-15,18H,3-12,16-17,19H2,1-2H3,(H,25,27). The van der Waals surface area contributed by atoms with Crippen molar-refractivity contribution < 1.29 is 13.2 Å². The van der Waals surface area contributed by atoms with Gasteiger partial charge in [-0.3, -0.25) is 9.10 Å². The molecule has 0 saturated heterocycles. The Hall–Kier alpha value is -1.89. The van der Waals surface area contributed by atoms with E-state index in [4.69, 9.17) is 0 Å². The van der Waals surface area contributed by atoms with Crippen molar-refractivity contribution >= 4 is 27.3 Å². The van der Waals surface area contributed by atoms with Crippen LogP contribution in [-0.2, 0) is 21.2 Å². The average molecular weight is 436 g/mol. The smallest absolute Gasteiger partial charge is 0.260 e. The fourth-order valence-electron chi connectivity index (χ4n) is 3.87. The van der Waals surface area contributed by atoms with Gasteiger partial charge in [-0.15, -0.1) is 0 Å². The van der Waals surface area contributed by atoms with Crippen LogP contribution in [0.1, 0.15) is 83.1 Å². The molecule has 168 valence electrons. The maximum absolute atomic E-state index is 12.6. The SMILES string of the molecule is CCc1ccccc1N(CC(=O)NN=C1CCCCCCCCCCC1)S(C)(=O)=O. The molecular formula is C23H37N3O3S. The van der Waals surface area contributed by atoms with Gasteiger partial charge in [-0.2, -0.15) is 5.10 Å². The van der Waals surface area contributed by atoms with E-state index in [1.807, 2.05) is 19.1 Å². The van der Waals surface area contributed by atoms with Gasteiger partial charge in [0, 0.05) is 5.71 Å². The number of amides is 1. The quantitative estimate of drug-likeness (QED) is 0.652. The van der Waals surface area contributed by atoms with Gasteiger partial charge in [0.2, 0.25) is 10.0 Å². The summed E-state index contributed by atoms with van der Waals surface area (Å²) in [6.45, 7) is 1.70. The lowest BCUT2D eigenvalue weighted by Gasteiger charge is -2.23. The fraction of sp³-hybridized carbons (Fsp3) is 0.652. The van der Waals surface area contributed by atoms with Crippen LogP contribution < -0.4 is 9.73 Å². The Labute approximate surface area is 182 Å². The number of sulfonamides is 1. The minimum atomic E-state index is -3.59. The summed E-state index contributed by atoms with van der Waals surface area (Å²) in [5, 5.41) is 4.38. The summed E-state index contributed by atoms with van der Waals surface area (Å²) in [4.78, 5) is 12.6. The van der Waals surface area contributed by atoms with Crippen LogP contribution in [0.5, 0.6) is 0 Å². The molecule has 0 aromatic heterocycles. The first kappa shape index (κ1) is 24.4. The van der Waals surface area contributed by atoms with Crippen LogP contribution in [-0.4, -0.2) is 32.8 Å². The third-order valence-corrected chi connectivity index (χ3v) is 6.72. The summed E-state index contributed by atoms with van der Waals surface area (Å²) in [7, 11) is -3.59. The number of benzene rings is 1. The Balaban J connectivity index is 2.04. The van der Waals surface area contributed by atoms with E-state index in [1.165, 1.54) is 49.3 Å². The number of anilines is 1. The van der Waals surface area contributed by atoms with Crippen molar-refractivity contribution in [2.45, 2.75) is 84.0 Å². The lowest BCUT2D eigenvalue weighted by molar-refractivity contribution is -0.119. The topological polar surface area (TPSA) is 78.8 Å². The molecule has 1 aromatic rings. The normalized spacial score (nSPS) is 16.8. The fourth-order valence-corrected chi connectivity index (χ4v) is 4.76. The minimum Gasteiger partial charge on any atom is -0.271 e. The van der Waals surface area contributed by atoms with E-state index >= 15 is 0 Å². The van der Waals surface area contributed by atoms with E-state index < -0.39 is 15.9 Å². The van der Waals surface area contributed by atoms with Crippen LogP contribution in [0, 0.1) is 0 Å². The Bertz CT molecular complexity index is 792. The highest BCUT2D eigenvalue weighted by molar-refractivity contribution is 7.92. The zero-order chi connectivity index (χ0) is 21.8. The second kappa shape index (κ2) is 12.7. The predicted molar refractivity (Wildman–Crippen MR) is 124 cm³/mol. The molecule has 0 atom stereocenters. The number of aryl methyl sites for hydroxylation is 1. The van der Waals surface area contributed by atoms with E-state index in [2.05, 4.69) is 10.5 Å². The second-order valence-electron chi connectivity index (χ2n) is 8.15. The van der Waals surface area contributed by atoms with E-state index in [-0.39, 0.29) is 6.54 Å². The first-order chi connectivity index (χ1) is 14.4. The maximum Gasteiger partial charge on any atom is 0.260 e. The molecule has 6 nitrogen and oxygen atoms in total. The van der Waals surface area contributed by atoms with Crippen LogP contribution in [0.25, 0.3) is 0 Å². The number of hydrogen-bond acceptors (Lipinski definition) is 4. The first-order valence-electron chi connectivity index (χ1n) is 11.3. The lowest BCUT2D eigenvalue weighted by atomic mass is 10.00. The molecule has 1 aliphatic rings. The molecule has 1 N–H and O–H groups in total. The van der Waals surface area contributed by atoms with Gasteiger partial charge in [-0.25, -0.2) is 13.8 Å². The number of nitrogens with one attached hydrogen (secondary N) is 1. The van der Waals surface area contributed by atoms with Gasteiger partial charge in [0.25, 0.3) is 5.91 Å². The molecule has 1 aliphatic carbocycles. The van der Waals surface area contributed by atoms with Crippen LogP contribution in [0.3, 0.4) is 0 Å². The van der Waals surface area contributed by atoms with Gasteiger partial charge in [0.05, 0.1) is 11.9 Å². The summed E-state index contributed by atoms with van der Waals surface area (Å²) in [6, 6.07) is 7.29. The zero-order valence-electron chi connectivity index (χ0n) is 18.5. The number of rotatable bonds is 6. The number of para-hydroxylation sites is 1. The lowest BCUT2D eigenvalue weighted by Crippen LogP contribution is -2.39. The van der Waals surface area contributed by atoms with E-state index in [9.17, 15) is 13.2 Å². The van der Waals surface area contributed by atoms with Gasteiger partial charge >= 0.3 is 0 Å². The summed E-state index contributed by atoms with van der Waals surface area (Å²) >= 11 is 0. The molecule has 7 heteroatoms. The molecule has 1 fully saturated rings. The highest BCUT2D eigenvalue weighted by Gasteiger charge is 2.22. The molecule has 1 amide bonds. The maximum atomic E-state index is 12.6. The van der Waals surface area contributed by atoms with E-state index in [0.29, 0.717) is 12.1 Å². The molecule has 1 saturated carbocycles. The van der Waals surface area contributed by atoms with E-state index in [1.54, 1.807) is 12.1 Å². The molecule has 0 bridgehead atoms. The number of hydrogen-bond donors (Lipinski definition) is 1. The van der Waals surface area contributed by atoms with Gasteiger partial charge in [0.1, 0.15) is 6.54 Å². The van der Waals surface area contributed by atoms with Crippen LogP contribution in [0.2, 0.25) is 0 Å². The van der Waals surface area contributed by atoms with Crippen molar-refractivity contribution in [1.29, 1.82) is 0 Å². The summed E-state index contributed by atoms with van der Waals surface area (Å²) < 4.78 is 25.9. The monoisotopic (exact) mass is 435 g/mol. The Morgan fingerprint density at radius 3 is 2.03 bits per heavy atom. The van der Waals surface area contributed by atoms with E-state index in [0.717, 1.165) is 43.2 Å². The predicted octanol–water partition coefficient (Wildman–Crippen LogP) is 4.79. The molecule has 0 spiro atoms. The summed E-state index contributed by atoms with van der Waals surface area (Å²) in [5.74, 6) is -0.412. The highest BCUT2D eigenvalue weighted by atomic mass is 32.2. The van der Waals surface area contributed by atoms with Crippen molar-refractivity contribution in [3.8, 4) is 0 Å². The van der Waals surface area contributed by atoms with Gasteiger partial charge in [-0.1, -0.05) is 70.1 Å². The number of carbonyl (C=O) groups is 1. The molecule has 0 radical (unpaired) electrons. The first-order valence-corrected chi connectivity index (χ1v) is 13.2. The minimum absolute atomic E-state index is 0.271. The Morgan fingerprint density at radius 1 is 0.967 bits per heavy atom. The number of carbonyl (C=O) groups excluding carboxylic acids is 1. The molecular weight excluding hydrogens is 398 g/mol. The molecule has 0 heterocycles. The van der Waals surface area contributed by atoms with Gasteiger partial charge in [0.15, 0.2) is 0 Å². The van der Waals surface area contributed by atoms with Crippen LogP contribution in [0.15, 0.2) is 29.4 Å². The highest BCUT2D eigenvalue weighted by Crippen LogP contribution is 2.23. The van der Waals surface area contributed by atoms with Crippen LogP contribution in [0.4, 0.5) is 5.69 Å². The molecule has 30 heavy (non-hydrogen) atoms. The Kier molecular flexibility index (Phi) is 10.3. The van der Waals surface area contributed by atoms with Crippen molar-refractivity contribution in [1.82, 2.24) is 5.43 Å². The number of nitrogens with zero attached hydrogens (tertiary/aromatic N) is 2. The Morgan fingerprint density at radius 2 is 1.50 bits per heavy atom. The van der Waals surface area contributed by atoms with Crippen molar-refractivity contribution in [2.24, 2.45) is 5.10 Å². The zero-order valence-corrected chi connectivity index (χ0v) is 19.3. The van der Waals surface area contributed by atoms with Crippen molar-refractivity contribution in [2.75, 3.05) is 17.1 Å². The summed E-state index contributed by atoms with van der Waals surface area (Å²) in [6.07, 6.45) is 14.7. The largest absolute Gasteiger partial charge is 0.271 e. The third kappa shape index (κ3) is 8.46. The van der Waals surface area contributed by atoms with Gasteiger partial charge in [-0.05, 0) is 43.7 Å². The van der Waals surface area contributed by atoms with Gasteiger partial charge < -0.3 is 0 Å². The van der Waals surface area contributed by atoms with Crippen molar-refractivity contribution in [3.05, 3.63) is 29.8 Å². The third-order valence-electron chi connectivity index (χ3n) is 5.60. The number of hydrazone groups is 1. The van der Waals surface area contributed by atoms with Crippen molar-refractivity contribution in [3.63, 3.8) is 0 Å². The average Bonchev–Trinajstić information content (AvgIpc) is 2.71.